The topological polar surface area (TPSA) is 83.5 Å². The molecule has 4 heterocycles. The SMILES string of the molecule is N#Cc1cc(-n2c3ccccc3c3cc(C#N)ccc32)cc(-n2c3ccccc3c3c4oc5cccnc5c4ccc32)c1. The second kappa shape index (κ2) is 8.57. The molecule has 0 aliphatic carbocycles. The number of hydrogen-bond donors (Lipinski definition) is 0. The molecule has 198 valence electrons. The number of nitrogens with zero attached hydrogens (tertiary/aromatic N) is 5. The Kier molecular flexibility index (Phi) is 4.65. The number of fused-ring (bicyclic) bond motifs is 10. The molecule has 0 aliphatic rings. The van der Waals surface area contributed by atoms with Crippen LogP contribution >= 0.6 is 0 Å². The van der Waals surface area contributed by atoms with Crippen molar-refractivity contribution < 1.29 is 4.42 Å². The number of aromatic nitrogens is 3. The second-order valence-electron chi connectivity index (χ2n) is 10.7. The smallest absolute Gasteiger partial charge is 0.153 e. The van der Waals surface area contributed by atoms with E-state index in [1.807, 2.05) is 66.7 Å². The third-order valence-corrected chi connectivity index (χ3v) is 8.38. The molecule has 0 radical (unpaired) electrons. The van der Waals surface area contributed by atoms with Gasteiger partial charge in [0.25, 0.3) is 0 Å². The quantitative estimate of drug-likeness (QED) is 0.215. The van der Waals surface area contributed by atoms with Gasteiger partial charge in [-0.25, -0.2) is 0 Å². The van der Waals surface area contributed by atoms with Gasteiger partial charge in [0.05, 0.1) is 50.7 Å². The largest absolute Gasteiger partial charge is 0.454 e. The Bertz CT molecular complexity index is 2710. The Morgan fingerprint density at radius 2 is 1.23 bits per heavy atom. The average molecular weight is 550 g/mol. The number of benzene rings is 5. The van der Waals surface area contributed by atoms with E-state index in [9.17, 15) is 10.5 Å². The van der Waals surface area contributed by atoms with Crippen LogP contribution in [0.25, 0.3) is 77.1 Å². The normalized spacial score (nSPS) is 11.7. The molecule has 6 heteroatoms. The van der Waals surface area contributed by atoms with Crippen LogP contribution in [0.5, 0.6) is 0 Å². The second-order valence-corrected chi connectivity index (χ2v) is 10.7. The number of furan rings is 1. The number of pyridine rings is 1. The van der Waals surface area contributed by atoms with E-state index in [2.05, 4.69) is 68.7 Å². The van der Waals surface area contributed by atoms with Gasteiger partial charge in [0.15, 0.2) is 5.58 Å². The van der Waals surface area contributed by atoms with Gasteiger partial charge < -0.3 is 13.6 Å². The summed E-state index contributed by atoms with van der Waals surface area (Å²) in [5.74, 6) is 0. The summed E-state index contributed by atoms with van der Waals surface area (Å²) < 4.78 is 10.8. The summed E-state index contributed by atoms with van der Waals surface area (Å²) in [5, 5.41) is 24.9. The van der Waals surface area contributed by atoms with Crippen LogP contribution in [0.15, 0.2) is 120 Å². The van der Waals surface area contributed by atoms with E-state index < -0.39 is 0 Å². The fourth-order valence-electron chi connectivity index (χ4n) is 6.62. The lowest BCUT2D eigenvalue weighted by Crippen LogP contribution is -2.00. The molecule has 0 bridgehead atoms. The van der Waals surface area contributed by atoms with Crippen LogP contribution in [0.1, 0.15) is 11.1 Å². The van der Waals surface area contributed by atoms with Gasteiger partial charge in [-0.3, -0.25) is 4.98 Å². The molecule has 0 amide bonds. The lowest BCUT2D eigenvalue weighted by Gasteiger charge is -2.13. The summed E-state index contributed by atoms with van der Waals surface area (Å²) in [6.45, 7) is 0. The Balaban J connectivity index is 1.39. The molecule has 9 rings (SSSR count). The van der Waals surface area contributed by atoms with Crippen LogP contribution in [0, 0.1) is 22.7 Å². The summed E-state index contributed by atoms with van der Waals surface area (Å²) in [6, 6.07) is 40.9. The first-order chi connectivity index (χ1) is 21.2. The number of rotatable bonds is 2. The predicted molar refractivity (Wildman–Crippen MR) is 170 cm³/mol. The number of hydrogen-bond acceptors (Lipinski definition) is 4. The zero-order valence-electron chi connectivity index (χ0n) is 22.6. The van der Waals surface area contributed by atoms with Crippen LogP contribution < -0.4 is 0 Å². The molecule has 4 aromatic heterocycles. The number of nitriles is 2. The van der Waals surface area contributed by atoms with E-state index >= 15 is 0 Å². The van der Waals surface area contributed by atoms with Gasteiger partial charge in [-0.2, -0.15) is 10.5 Å². The molecule has 0 saturated carbocycles. The Morgan fingerprint density at radius 1 is 0.558 bits per heavy atom. The summed E-state index contributed by atoms with van der Waals surface area (Å²) in [5.41, 5.74) is 9.26. The lowest BCUT2D eigenvalue weighted by molar-refractivity contribution is 0.672. The van der Waals surface area contributed by atoms with E-state index in [0.717, 1.165) is 77.1 Å². The van der Waals surface area contributed by atoms with Gasteiger partial charge in [0, 0.05) is 39.1 Å². The van der Waals surface area contributed by atoms with E-state index in [1.165, 1.54) is 0 Å². The van der Waals surface area contributed by atoms with Crippen LogP contribution in [0.3, 0.4) is 0 Å². The highest BCUT2D eigenvalue weighted by Gasteiger charge is 2.20. The van der Waals surface area contributed by atoms with E-state index in [0.29, 0.717) is 11.1 Å². The Morgan fingerprint density at radius 3 is 2.02 bits per heavy atom. The molecule has 0 spiro atoms. The molecule has 43 heavy (non-hydrogen) atoms. The van der Waals surface area contributed by atoms with Crippen molar-refractivity contribution in [2.24, 2.45) is 0 Å². The highest BCUT2D eigenvalue weighted by molar-refractivity contribution is 6.23. The highest BCUT2D eigenvalue weighted by Crippen LogP contribution is 2.41. The fraction of sp³-hybridized carbons (Fsp3) is 0. The van der Waals surface area contributed by atoms with Crippen molar-refractivity contribution in [3.05, 3.63) is 127 Å². The third kappa shape index (κ3) is 3.18. The molecule has 6 nitrogen and oxygen atoms in total. The maximum atomic E-state index is 10.2. The lowest BCUT2D eigenvalue weighted by atomic mass is 10.1. The van der Waals surface area contributed by atoms with Gasteiger partial charge in [-0.15, -0.1) is 0 Å². The van der Waals surface area contributed by atoms with Crippen LogP contribution in [0.2, 0.25) is 0 Å². The first kappa shape index (κ1) is 23.3. The zero-order valence-corrected chi connectivity index (χ0v) is 22.6. The predicted octanol–water partition coefficient (Wildman–Crippen LogP) is 8.92. The van der Waals surface area contributed by atoms with Crippen molar-refractivity contribution in [2.75, 3.05) is 0 Å². The molecule has 0 unspecified atom stereocenters. The van der Waals surface area contributed by atoms with Gasteiger partial charge in [0.2, 0.25) is 0 Å². The summed E-state index contributed by atoms with van der Waals surface area (Å²) in [7, 11) is 0. The van der Waals surface area contributed by atoms with Gasteiger partial charge in [-0.1, -0.05) is 36.4 Å². The van der Waals surface area contributed by atoms with E-state index in [4.69, 9.17) is 4.42 Å². The molecular formula is C37H19N5O. The minimum atomic E-state index is 0.548. The van der Waals surface area contributed by atoms with Crippen LogP contribution in [-0.2, 0) is 0 Å². The number of para-hydroxylation sites is 2. The van der Waals surface area contributed by atoms with Crippen molar-refractivity contribution in [1.82, 2.24) is 14.1 Å². The van der Waals surface area contributed by atoms with Crippen molar-refractivity contribution >= 4 is 65.7 Å². The van der Waals surface area contributed by atoms with E-state index in [1.54, 1.807) is 6.20 Å². The average Bonchev–Trinajstić information content (AvgIpc) is 3.71. The summed E-state index contributed by atoms with van der Waals surface area (Å²) in [4.78, 5) is 4.59. The van der Waals surface area contributed by atoms with Crippen LogP contribution in [0.4, 0.5) is 0 Å². The Hall–Kier alpha value is -6.37. The maximum absolute atomic E-state index is 10.2. The molecule has 0 saturated heterocycles. The van der Waals surface area contributed by atoms with Crippen molar-refractivity contribution in [3.63, 3.8) is 0 Å². The molecule has 0 N–H and O–H groups in total. The summed E-state index contributed by atoms with van der Waals surface area (Å²) in [6.07, 6.45) is 1.79. The molecule has 0 atom stereocenters. The van der Waals surface area contributed by atoms with Crippen molar-refractivity contribution in [3.8, 4) is 23.5 Å². The molecular weight excluding hydrogens is 530 g/mol. The van der Waals surface area contributed by atoms with Crippen LogP contribution in [-0.4, -0.2) is 14.1 Å². The highest BCUT2D eigenvalue weighted by atomic mass is 16.3. The van der Waals surface area contributed by atoms with Crippen molar-refractivity contribution in [1.29, 1.82) is 10.5 Å². The van der Waals surface area contributed by atoms with Gasteiger partial charge in [-0.05, 0) is 72.8 Å². The standard InChI is InChI=1S/C37H19N5O/c38-20-22-11-13-32-29(18-22)26-6-1-3-8-30(26)41(32)24-16-23(21-39)17-25(19-24)42-31-9-4-2-7-27(31)35-33(42)14-12-28-36-34(43-37(28)35)10-5-15-40-36/h1-19H. The zero-order chi connectivity index (χ0) is 28.7. The Labute approximate surface area is 244 Å². The minimum Gasteiger partial charge on any atom is -0.454 e. The minimum absolute atomic E-state index is 0.548. The monoisotopic (exact) mass is 549 g/mol. The first-order valence-electron chi connectivity index (χ1n) is 13.9. The first-order valence-corrected chi connectivity index (χ1v) is 13.9. The van der Waals surface area contributed by atoms with E-state index in [-0.39, 0.29) is 0 Å². The molecule has 5 aromatic carbocycles. The van der Waals surface area contributed by atoms with Gasteiger partial charge in [0.1, 0.15) is 11.1 Å². The summed E-state index contributed by atoms with van der Waals surface area (Å²) >= 11 is 0. The molecule has 9 aromatic rings. The van der Waals surface area contributed by atoms with Gasteiger partial charge >= 0.3 is 0 Å². The maximum Gasteiger partial charge on any atom is 0.153 e. The van der Waals surface area contributed by atoms with Crippen molar-refractivity contribution in [2.45, 2.75) is 0 Å². The third-order valence-electron chi connectivity index (χ3n) is 8.38. The molecule has 0 fully saturated rings. The molecule has 0 aliphatic heterocycles. The fourth-order valence-corrected chi connectivity index (χ4v) is 6.62.